The molecule has 9 heavy (non-hydrogen) atoms. The number of rotatable bonds is 2. The van der Waals surface area contributed by atoms with Gasteiger partial charge in [0, 0.05) is 11.3 Å². The summed E-state index contributed by atoms with van der Waals surface area (Å²) in [6, 6.07) is 0. The zero-order chi connectivity index (χ0) is 7.44. The molecule has 0 aromatic rings. The summed E-state index contributed by atoms with van der Waals surface area (Å²) in [4.78, 5) is 10.5. The second-order valence-corrected chi connectivity index (χ2v) is 1.88. The number of aliphatic hydroxyl groups excluding tert-OH is 1. The van der Waals surface area contributed by atoms with Crippen molar-refractivity contribution in [2.75, 3.05) is 6.61 Å². The van der Waals surface area contributed by atoms with Crippen LogP contribution in [-0.4, -0.2) is 17.5 Å². The summed E-state index contributed by atoms with van der Waals surface area (Å²) in [6.07, 6.45) is 0. The van der Waals surface area contributed by atoms with Gasteiger partial charge in [-0.25, -0.2) is 0 Å². The molecule has 0 saturated heterocycles. The molecule has 0 unspecified atom stereocenters. The van der Waals surface area contributed by atoms with Gasteiger partial charge in [-0.3, -0.25) is 4.79 Å². The summed E-state index contributed by atoms with van der Waals surface area (Å²) < 4.78 is 0. The van der Waals surface area contributed by atoms with Gasteiger partial charge >= 0.3 is 0 Å². The highest BCUT2D eigenvalue weighted by Gasteiger charge is 2.02. The van der Waals surface area contributed by atoms with Gasteiger partial charge in [-0.15, -0.1) is 0 Å². The van der Waals surface area contributed by atoms with Crippen molar-refractivity contribution < 1.29 is 9.90 Å². The van der Waals surface area contributed by atoms with Crippen LogP contribution >= 0.6 is 0 Å². The molecule has 0 spiro atoms. The van der Waals surface area contributed by atoms with E-state index in [1.807, 2.05) is 0 Å². The van der Waals surface area contributed by atoms with Crippen molar-refractivity contribution in [3.63, 3.8) is 0 Å². The van der Waals surface area contributed by atoms with E-state index in [4.69, 9.17) is 10.8 Å². The molecule has 52 valence electrons. The molecule has 0 aromatic heterocycles. The smallest absolute Gasteiger partial charge is 0.159 e. The Labute approximate surface area is 54.2 Å². The second kappa shape index (κ2) is 3.25. The van der Waals surface area contributed by atoms with Crippen molar-refractivity contribution in [3.8, 4) is 0 Å². The van der Waals surface area contributed by atoms with Crippen molar-refractivity contribution in [3.05, 3.63) is 11.3 Å². The fourth-order valence-corrected chi connectivity index (χ4v) is 0.514. The van der Waals surface area contributed by atoms with Crippen LogP contribution in [0.25, 0.3) is 0 Å². The molecule has 0 amide bonds. The van der Waals surface area contributed by atoms with Crippen LogP contribution in [0.3, 0.4) is 0 Å². The Morgan fingerprint density at radius 2 is 2.00 bits per heavy atom. The zero-order valence-corrected chi connectivity index (χ0v) is 5.64. The lowest BCUT2D eigenvalue weighted by Gasteiger charge is -1.98. The van der Waals surface area contributed by atoms with Crippen LogP contribution in [0.5, 0.6) is 0 Å². The van der Waals surface area contributed by atoms with E-state index in [0.717, 1.165) is 0 Å². The number of carbonyl (C=O) groups excluding carboxylic acids is 1. The standard InChI is InChI=1S/C6H11NO2/c1-4(7)6(3-8)5(2)9/h8H,3,7H2,1-2H3/b6-4-. The third-order valence-electron chi connectivity index (χ3n) is 1.06. The largest absolute Gasteiger partial charge is 0.402 e. The highest BCUT2D eigenvalue weighted by atomic mass is 16.3. The van der Waals surface area contributed by atoms with Gasteiger partial charge in [0.05, 0.1) is 6.61 Å². The van der Waals surface area contributed by atoms with E-state index in [0.29, 0.717) is 11.3 Å². The molecule has 3 N–H and O–H groups in total. The lowest BCUT2D eigenvalue weighted by atomic mass is 10.1. The quantitative estimate of drug-likeness (QED) is 0.507. The first kappa shape index (κ1) is 8.17. The van der Waals surface area contributed by atoms with Crippen molar-refractivity contribution in [1.29, 1.82) is 0 Å². The summed E-state index contributed by atoms with van der Waals surface area (Å²) in [6.45, 7) is 2.70. The Balaban J connectivity index is 4.35. The Kier molecular flexibility index (Phi) is 2.95. The predicted molar refractivity (Wildman–Crippen MR) is 34.7 cm³/mol. The zero-order valence-electron chi connectivity index (χ0n) is 5.64. The minimum Gasteiger partial charge on any atom is -0.402 e. The van der Waals surface area contributed by atoms with E-state index in [1.165, 1.54) is 6.92 Å². The van der Waals surface area contributed by atoms with Crippen LogP contribution in [0.2, 0.25) is 0 Å². The first-order chi connectivity index (χ1) is 4.09. The molecular formula is C6H11NO2. The molecule has 0 aliphatic heterocycles. The minimum atomic E-state index is -0.266. The average Bonchev–Trinajstić information content (AvgIpc) is 1.64. The maximum Gasteiger partial charge on any atom is 0.159 e. The van der Waals surface area contributed by atoms with Crippen LogP contribution in [0.1, 0.15) is 13.8 Å². The number of hydrogen-bond donors (Lipinski definition) is 2. The average molecular weight is 129 g/mol. The number of carbonyl (C=O) groups is 1. The minimum absolute atomic E-state index is 0.169. The number of hydrogen-bond acceptors (Lipinski definition) is 3. The fourth-order valence-electron chi connectivity index (χ4n) is 0.514. The third-order valence-corrected chi connectivity index (χ3v) is 1.06. The third kappa shape index (κ3) is 2.28. The second-order valence-electron chi connectivity index (χ2n) is 1.88. The van der Waals surface area contributed by atoms with Crippen LogP contribution < -0.4 is 5.73 Å². The van der Waals surface area contributed by atoms with E-state index in [-0.39, 0.29) is 12.4 Å². The lowest BCUT2D eigenvalue weighted by molar-refractivity contribution is -0.114. The summed E-state index contributed by atoms with van der Waals surface area (Å²) in [5, 5.41) is 8.51. The van der Waals surface area contributed by atoms with Crippen molar-refractivity contribution in [1.82, 2.24) is 0 Å². The van der Waals surface area contributed by atoms with E-state index in [1.54, 1.807) is 6.92 Å². The number of nitrogens with two attached hydrogens (primary N) is 1. The van der Waals surface area contributed by atoms with Gasteiger partial charge in [0.1, 0.15) is 0 Å². The summed E-state index contributed by atoms with van der Waals surface area (Å²) in [7, 11) is 0. The van der Waals surface area contributed by atoms with Crippen LogP contribution in [0.15, 0.2) is 11.3 Å². The molecule has 3 heteroatoms. The maximum absolute atomic E-state index is 10.5. The highest BCUT2D eigenvalue weighted by Crippen LogP contribution is 1.97. The van der Waals surface area contributed by atoms with Gasteiger partial charge in [0.2, 0.25) is 0 Å². The Hall–Kier alpha value is -0.830. The lowest BCUT2D eigenvalue weighted by Crippen LogP contribution is -2.09. The number of aliphatic hydroxyl groups is 1. The Morgan fingerprint density at radius 3 is 2.00 bits per heavy atom. The van der Waals surface area contributed by atoms with Gasteiger partial charge in [-0.2, -0.15) is 0 Å². The molecular weight excluding hydrogens is 118 g/mol. The van der Waals surface area contributed by atoms with Crippen molar-refractivity contribution >= 4 is 5.78 Å². The maximum atomic E-state index is 10.5. The molecule has 0 heterocycles. The van der Waals surface area contributed by atoms with Gasteiger partial charge < -0.3 is 10.8 Å². The number of allylic oxidation sites excluding steroid dienone is 1. The normalized spacial score (nSPS) is 12.8. The van der Waals surface area contributed by atoms with Gasteiger partial charge in [0.25, 0.3) is 0 Å². The Bertz CT molecular complexity index is 145. The first-order valence-corrected chi connectivity index (χ1v) is 2.66. The van der Waals surface area contributed by atoms with Crippen LogP contribution in [0.4, 0.5) is 0 Å². The molecule has 0 aliphatic carbocycles. The van der Waals surface area contributed by atoms with E-state index in [9.17, 15) is 4.79 Å². The molecule has 0 atom stereocenters. The molecule has 0 aliphatic rings. The molecule has 0 rings (SSSR count). The molecule has 0 fully saturated rings. The number of Topliss-reactive ketones (excluding diaryl/α,β-unsaturated/α-hetero) is 1. The predicted octanol–water partition coefficient (Wildman–Crippen LogP) is -0.200. The van der Waals surface area contributed by atoms with Crippen LogP contribution in [0, 0.1) is 0 Å². The Morgan fingerprint density at radius 1 is 1.56 bits per heavy atom. The van der Waals surface area contributed by atoms with Crippen LogP contribution in [-0.2, 0) is 4.79 Å². The summed E-state index contributed by atoms with van der Waals surface area (Å²) >= 11 is 0. The monoisotopic (exact) mass is 129 g/mol. The van der Waals surface area contributed by atoms with Gasteiger partial charge in [-0.1, -0.05) is 0 Å². The van der Waals surface area contributed by atoms with E-state index >= 15 is 0 Å². The molecule has 0 aromatic carbocycles. The summed E-state index contributed by atoms with van der Waals surface area (Å²) in [5.41, 5.74) is 5.94. The molecule has 3 nitrogen and oxygen atoms in total. The number of ketones is 1. The van der Waals surface area contributed by atoms with Gasteiger partial charge in [-0.05, 0) is 13.8 Å². The molecule has 0 radical (unpaired) electrons. The SMILES string of the molecule is CC(=O)/C(CO)=C(/C)N. The fraction of sp³-hybridized carbons (Fsp3) is 0.500. The van der Waals surface area contributed by atoms with Crippen molar-refractivity contribution in [2.45, 2.75) is 13.8 Å². The topological polar surface area (TPSA) is 63.3 Å². The summed E-state index contributed by atoms with van der Waals surface area (Å²) in [5.74, 6) is -0.169. The van der Waals surface area contributed by atoms with Crippen molar-refractivity contribution in [2.24, 2.45) is 5.73 Å². The van der Waals surface area contributed by atoms with Gasteiger partial charge in [0.15, 0.2) is 5.78 Å². The molecule has 0 saturated carbocycles. The highest BCUT2D eigenvalue weighted by molar-refractivity contribution is 5.94. The van der Waals surface area contributed by atoms with E-state index < -0.39 is 0 Å². The first-order valence-electron chi connectivity index (χ1n) is 2.66. The molecule has 0 bridgehead atoms. The van der Waals surface area contributed by atoms with E-state index in [2.05, 4.69) is 0 Å².